The summed E-state index contributed by atoms with van der Waals surface area (Å²) < 4.78 is 7.11. The summed E-state index contributed by atoms with van der Waals surface area (Å²) in [5, 5.41) is 6.45. The van der Waals surface area contributed by atoms with Crippen molar-refractivity contribution in [2.45, 2.75) is 26.0 Å². The fraction of sp³-hybridized carbons (Fsp3) is 0.200. The van der Waals surface area contributed by atoms with E-state index >= 15 is 0 Å². The van der Waals surface area contributed by atoms with E-state index in [4.69, 9.17) is 4.74 Å². The van der Waals surface area contributed by atoms with Crippen molar-refractivity contribution in [2.75, 3.05) is 6.54 Å². The monoisotopic (exact) mass is 458 g/mol. The first-order valence-corrected chi connectivity index (χ1v) is 11.6. The molecule has 1 amide bonds. The highest BCUT2D eigenvalue weighted by atomic mass is 32.1. The van der Waals surface area contributed by atoms with Crippen molar-refractivity contribution in [3.63, 3.8) is 0 Å². The Labute approximate surface area is 195 Å². The first-order valence-electron chi connectivity index (χ1n) is 10.7. The van der Waals surface area contributed by atoms with Crippen LogP contribution in [0.25, 0.3) is 17.1 Å². The SMILES string of the molecule is CC(OC(=O)c1nc(-c2ccccc2)n(-c2ccccc2)n1)C(=O)N1CCc2sccc2C1. The van der Waals surface area contributed by atoms with Crippen LogP contribution in [-0.2, 0) is 22.5 Å². The maximum atomic E-state index is 12.9. The number of benzene rings is 2. The number of ether oxygens (including phenoxy) is 1. The molecule has 0 saturated carbocycles. The van der Waals surface area contributed by atoms with Gasteiger partial charge in [-0.15, -0.1) is 16.4 Å². The summed E-state index contributed by atoms with van der Waals surface area (Å²) in [6, 6.07) is 21.0. The lowest BCUT2D eigenvalue weighted by Gasteiger charge is -2.29. The van der Waals surface area contributed by atoms with Crippen LogP contribution in [0.2, 0.25) is 0 Å². The Bertz CT molecular complexity index is 1230. The van der Waals surface area contributed by atoms with Gasteiger partial charge in [0.15, 0.2) is 11.9 Å². The highest BCUT2D eigenvalue weighted by molar-refractivity contribution is 7.10. The molecule has 5 rings (SSSR count). The summed E-state index contributed by atoms with van der Waals surface area (Å²) in [6.45, 7) is 2.75. The molecule has 0 bridgehead atoms. The van der Waals surface area contributed by atoms with E-state index in [1.54, 1.807) is 27.8 Å². The summed E-state index contributed by atoms with van der Waals surface area (Å²) in [7, 11) is 0. The van der Waals surface area contributed by atoms with Gasteiger partial charge < -0.3 is 9.64 Å². The third-order valence-electron chi connectivity index (χ3n) is 5.57. The van der Waals surface area contributed by atoms with Crippen molar-refractivity contribution >= 4 is 23.2 Å². The van der Waals surface area contributed by atoms with Gasteiger partial charge in [-0.3, -0.25) is 4.79 Å². The summed E-state index contributed by atoms with van der Waals surface area (Å²) in [4.78, 5) is 33.3. The summed E-state index contributed by atoms with van der Waals surface area (Å²) in [5.74, 6) is -0.508. The lowest BCUT2D eigenvalue weighted by atomic mass is 10.1. The van der Waals surface area contributed by atoms with Crippen LogP contribution in [0.1, 0.15) is 28.0 Å². The van der Waals surface area contributed by atoms with E-state index in [1.165, 1.54) is 4.88 Å². The lowest BCUT2D eigenvalue weighted by molar-refractivity contribution is -0.140. The van der Waals surface area contributed by atoms with Gasteiger partial charge in [0.05, 0.1) is 5.69 Å². The van der Waals surface area contributed by atoms with Crippen molar-refractivity contribution in [1.82, 2.24) is 19.7 Å². The van der Waals surface area contributed by atoms with Crippen molar-refractivity contribution < 1.29 is 14.3 Å². The Kier molecular flexibility index (Phi) is 5.75. The number of carbonyl (C=O) groups is 2. The second-order valence-corrected chi connectivity index (χ2v) is 8.80. The molecular weight excluding hydrogens is 436 g/mol. The zero-order chi connectivity index (χ0) is 22.8. The second kappa shape index (κ2) is 8.99. The molecule has 0 fully saturated rings. The van der Waals surface area contributed by atoms with E-state index in [1.807, 2.05) is 72.1 Å². The summed E-state index contributed by atoms with van der Waals surface area (Å²) >= 11 is 1.71. The standard InChI is InChI=1S/C25H22N4O3S/c1-17(24(30)28-14-12-21-19(16-28)13-15-33-21)32-25(31)22-26-23(18-8-4-2-5-9-18)29(27-22)20-10-6-3-7-11-20/h2-11,13,15,17H,12,14,16H2,1H3. The van der Waals surface area contributed by atoms with Crippen molar-refractivity contribution in [2.24, 2.45) is 0 Å². The largest absolute Gasteiger partial charge is 0.447 e. The number of thiophene rings is 1. The molecule has 0 spiro atoms. The first kappa shape index (κ1) is 21.1. The normalized spacial score (nSPS) is 13.9. The van der Waals surface area contributed by atoms with Gasteiger partial charge in [-0.05, 0) is 42.5 Å². The van der Waals surface area contributed by atoms with Gasteiger partial charge in [-0.25, -0.2) is 14.5 Å². The summed E-state index contributed by atoms with van der Waals surface area (Å²) in [5.41, 5.74) is 2.75. The zero-order valence-electron chi connectivity index (χ0n) is 18.0. The Morgan fingerprint density at radius 2 is 1.76 bits per heavy atom. The van der Waals surface area contributed by atoms with Gasteiger partial charge in [-0.1, -0.05) is 48.5 Å². The number of aromatic nitrogens is 3. The number of fused-ring (bicyclic) bond motifs is 1. The van der Waals surface area contributed by atoms with Gasteiger partial charge in [0.25, 0.3) is 11.7 Å². The molecule has 4 aromatic rings. The molecule has 2 aromatic heterocycles. The Morgan fingerprint density at radius 3 is 2.52 bits per heavy atom. The minimum absolute atomic E-state index is 0.0869. The van der Waals surface area contributed by atoms with E-state index in [9.17, 15) is 9.59 Å². The number of esters is 1. The van der Waals surface area contributed by atoms with E-state index in [-0.39, 0.29) is 11.7 Å². The van der Waals surface area contributed by atoms with Gasteiger partial charge in [0.2, 0.25) is 0 Å². The number of hydrogen-bond donors (Lipinski definition) is 0. The molecule has 8 heteroatoms. The maximum absolute atomic E-state index is 12.9. The van der Waals surface area contributed by atoms with E-state index in [0.717, 1.165) is 23.2 Å². The molecule has 1 aliphatic rings. The third-order valence-corrected chi connectivity index (χ3v) is 6.60. The average molecular weight is 459 g/mol. The topological polar surface area (TPSA) is 77.3 Å². The van der Waals surface area contributed by atoms with Gasteiger partial charge >= 0.3 is 5.97 Å². The Hall–Kier alpha value is -3.78. The van der Waals surface area contributed by atoms with Crippen LogP contribution in [0.15, 0.2) is 72.1 Å². The molecule has 1 atom stereocenters. The number of rotatable bonds is 5. The van der Waals surface area contributed by atoms with Crippen LogP contribution in [0.3, 0.4) is 0 Å². The van der Waals surface area contributed by atoms with Gasteiger partial charge in [-0.2, -0.15) is 0 Å². The van der Waals surface area contributed by atoms with Gasteiger partial charge in [0, 0.05) is 23.5 Å². The van der Waals surface area contributed by atoms with Crippen LogP contribution in [-0.4, -0.2) is 44.2 Å². The predicted molar refractivity (Wildman–Crippen MR) is 125 cm³/mol. The number of carbonyl (C=O) groups excluding carboxylic acids is 2. The second-order valence-electron chi connectivity index (χ2n) is 7.80. The average Bonchev–Trinajstić information content (AvgIpc) is 3.51. The van der Waals surface area contributed by atoms with E-state index in [0.29, 0.717) is 18.9 Å². The number of nitrogens with zero attached hydrogens (tertiary/aromatic N) is 4. The predicted octanol–water partition coefficient (Wildman–Crippen LogP) is 4.13. The van der Waals surface area contributed by atoms with Crippen LogP contribution in [0.4, 0.5) is 0 Å². The van der Waals surface area contributed by atoms with E-state index in [2.05, 4.69) is 10.1 Å². The van der Waals surface area contributed by atoms with Crippen LogP contribution >= 0.6 is 11.3 Å². The Balaban J connectivity index is 1.36. The molecule has 0 radical (unpaired) electrons. The van der Waals surface area contributed by atoms with E-state index < -0.39 is 12.1 Å². The van der Waals surface area contributed by atoms with Crippen molar-refractivity contribution in [3.8, 4) is 17.1 Å². The van der Waals surface area contributed by atoms with Crippen molar-refractivity contribution in [1.29, 1.82) is 0 Å². The number of para-hydroxylation sites is 1. The first-order chi connectivity index (χ1) is 16.1. The van der Waals surface area contributed by atoms with Crippen LogP contribution < -0.4 is 0 Å². The molecule has 33 heavy (non-hydrogen) atoms. The van der Waals surface area contributed by atoms with Crippen molar-refractivity contribution in [3.05, 3.63) is 88.4 Å². The highest BCUT2D eigenvalue weighted by Gasteiger charge is 2.29. The molecule has 166 valence electrons. The molecule has 0 N–H and O–H groups in total. The molecule has 1 aliphatic heterocycles. The Morgan fingerprint density at radius 1 is 1.03 bits per heavy atom. The number of amides is 1. The third kappa shape index (κ3) is 4.29. The zero-order valence-corrected chi connectivity index (χ0v) is 18.9. The fourth-order valence-corrected chi connectivity index (χ4v) is 4.77. The minimum Gasteiger partial charge on any atom is -0.447 e. The smallest absolute Gasteiger partial charge is 0.379 e. The molecule has 2 aromatic carbocycles. The molecule has 3 heterocycles. The molecule has 0 aliphatic carbocycles. The highest BCUT2D eigenvalue weighted by Crippen LogP contribution is 2.25. The molecular formula is C25H22N4O3S. The molecule has 1 unspecified atom stereocenters. The minimum atomic E-state index is -0.929. The van der Waals surface area contributed by atoms with Crippen LogP contribution in [0.5, 0.6) is 0 Å². The summed E-state index contributed by atoms with van der Waals surface area (Å²) in [6.07, 6.45) is -0.107. The van der Waals surface area contributed by atoms with Crippen LogP contribution in [0, 0.1) is 0 Å². The number of hydrogen-bond acceptors (Lipinski definition) is 6. The lowest BCUT2D eigenvalue weighted by Crippen LogP contribution is -2.42. The maximum Gasteiger partial charge on any atom is 0.379 e. The quantitative estimate of drug-likeness (QED) is 0.421. The van der Waals surface area contributed by atoms with Gasteiger partial charge in [0.1, 0.15) is 0 Å². The fourth-order valence-electron chi connectivity index (χ4n) is 3.88. The molecule has 7 nitrogen and oxygen atoms in total. The molecule has 0 saturated heterocycles.